The first-order valence-corrected chi connectivity index (χ1v) is 49.0. The zero-order valence-corrected chi connectivity index (χ0v) is 75.1. The summed E-state index contributed by atoms with van der Waals surface area (Å²) < 4.78 is 23.3. The summed E-state index contributed by atoms with van der Waals surface area (Å²) >= 11 is 0. The Morgan fingerprint density at radius 2 is 0.482 bits per heavy atom. The molecule has 0 heterocycles. The number of benzene rings is 1. The predicted octanol–water partition coefficient (Wildman–Crippen LogP) is 28.2. The second kappa shape index (κ2) is 80.8. The van der Waals surface area contributed by atoms with Crippen molar-refractivity contribution in [3.63, 3.8) is 0 Å². The standard InChI is InChI=1S/C99H183N3O10/c1-9-17-25-51-71-88(67-21-13-5)96(105)109-82-57-45-37-29-33-41-49-64-87(65-50-42-34-30-38-46-58-83-110-97(106)89(68-22-14-6)72-52-26-18-10-2)66-62-77-100-94(103)92-75-61-76-93(86-92)95(104)101-78-63-81-102(79-55-43-35-31-39-47-59-84-111-98(107)90(69-23-15-7)73-53-27-19-11-3)80-56-44-36-32-40-48-60-85-112-99(108)91(70-24-16-8)74-54-28-20-12-4/h61,75-76,86-91H,9-60,62-74,77-85H2,1-8H3,(H,100,103)(H,101,104). The first-order valence-electron chi connectivity index (χ1n) is 49.0. The minimum atomic E-state index is -0.141. The monoisotopic (exact) mass is 1570 g/mol. The van der Waals surface area contributed by atoms with Crippen molar-refractivity contribution in [2.45, 2.75) is 473 Å². The fourth-order valence-electron chi connectivity index (χ4n) is 16.1. The molecule has 4 unspecified atom stereocenters. The van der Waals surface area contributed by atoms with Gasteiger partial charge in [-0.25, -0.2) is 0 Å². The largest absolute Gasteiger partial charge is 0.465 e. The number of amides is 2. The van der Waals surface area contributed by atoms with Crippen LogP contribution in [0.25, 0.3) is 0 Å². The number of nitrogens with zero attached hydrogens (tertiary/aromatic N) is 1. The first kappa shape index (κ1) is 106. The number of unbranched alkanes of at least 4 members (excludes halogenated alkanes) is 40. The van der Waals surface area contributed by atoms with Crippen LogP contribution in [0.3, 0.4) is 0 Å². The van der Waals surface area contributed by atoms with Crippen LogP contribution >= 0.6 is 0 Å². The van der Waals surface area contributed by atoms with Gasteiger partial charge in [0, 0.05) is 24.2 Å². The normalized spacial score (nSPS) is 12.9. The van der Waals surface area contributed by atoms with E-state index in [1.165, 1.54) is 205 Å². The maximum Gasteiger partial charge on any atom is 0.308 e. The molecule has 4 atom stereocenters. The predicted molar refractivity (Wildman–Crippen MR) is 474 cm³/mol. The van der Waals surface area contributed by atoms with Crippen LogP contribution in [-0.2, 0) is 38.1 Å². The molecular formula is C99H183N3O10. The highest BCUT2D eigenvalue weighted by molar-refractivity contribution is 5.99. The van der Waals surface area contributed by atoms with Crippen molar-refractivity contribution in [1.29, 1.82) is 0 Å². The fraction of sp³-hybridized carbons (Fsp3) is 0.879. The van der Waals surface area contributed by atoms with Gasteiger partial charge in [-0.05, 0) is 153 Å². The Hall–Kier alpha value is -4.00. The zero-order valence-electron chi connectivity index (χ0n) is 75.1. The SMILES string of the molecule is CCCCCCC(CCCC)C(=O)OCCCCCCCCCC(CCCCCCCCCOC(=O)C(CCCC)CCCCCC)CCCNC(=O)c1cccc(C(=O)NCCCN(CCCCCCCCCOC(=O)C(CCCC)CCCCCC)CCCCCCCCCOC(=O)C(CCCC)CCCCCC)c1. The summed E-state index contributed by atoms with van der Waals surface area (Å²) in [5, 5.41) is 6.40. The van der Waals surface area contributed by atoms with Crippen LogP contribution in [0.2, 0.25) is 0 Å². The van der Waals surface area contributed by atoms with E-state index in [4.69, 9.17) is 18.9 Å². The van der Waals surface area contributed by atoms with Crippen LogP contribution in [-0.4, -0.2) is 99.7 Å². The Morgan fingerprint density at radius 3 is 0.777 bits per heavy atom. The number of nitrogens with one attached hydrogen (secondary N) is 2. The zero-order chi connectivity index (χ0) is 81.5. The highest BCUT2D eigenvalue weighted by Gasteiger charge is 2.24. The van der Waals surface area contributed by atoms with Crippen molar-refractivity contribution < 1.29 is 47.7 Å². The number of ether oxygens (including phenoxy) is 4. The highest BCUT2D eigenvalue weighted by Crippen LogP contribution is 2.27. The number of hydrogen-bond acceptors (Lipinski definition) is 11. The Morgan fingerprint density at radius 1 is 0.259 bits per heavy atom. The Bertz CT molecular complexity index is 2030. The Kier molecular flexibility index (Phi) is 76.5. The third-order valence-corrected chi connectivity index (χ3v) is 23.7. The molecule has 0 saturated carbocycles. The van der Waals surface area contributed by atoms with Crippen LogP contribution in [0.15, 0.2) is 24.3 Å². The van der Waals surface area contributed by atoms with Gasteiger partial charge in [-0.15, -0.1) is 0 Å². The van der Waals surface area contributed by atoms with E-state index in [0.29, 0.717) is 56.6 Å². The molecule has 1 aromatic rings. The average Bonchev–Trinajstić information content (AvgIpc) is 0.863. The minimum Gasteiger partial charge on any atom is -0.465 e. The highest BCUT2D eigenvalue weighted by atomic mass is 16.5. The molecule has 0 fully saturated rings. The number of carbonyl (C=O) groups is 6. The molecule has 2 amide bonds. The molecule has 0 bridgehead atoms. The lowest BCUT2D eigenvalue weighted by Gasteiger charge is -2.22. The van der Waals surface area contributed by atoms with Gasteiger partial charge in [0.15, 0.2) is 0 Å². The molecule has 0 aromatic heterocycles. The van der Waals surface area contributed by atoms with Crippen LogP contribution in [0.1, 0.15) is 493 Å². The summed E-state index contributed by atoms with van der Waals surface area (Å²) in [4.78, 5) is 81.8. The van der Waals surface area contributed by atoms with Crippen LogP contribution in [0.4, 0.5) is 0 Å². The van der Waals surface area contributed by atoms with Gasteiger partial charge in [-0.2, -0.15) is 0 Å². The molecule has 0 aliphatic rings. The van der Waals surface area contributed by atoms with E-state index in [0.717, 1.165) is 232 Å². The van der Waals surface area contributed by atoms with Crippen molar-refractivity contribution in [1.82, 2.24) is 15.5 Å². The van der Waals surface area contributed by atoms with E-state index in [1.54, 1.807) is 6.07 Å². The number of hydrogen-bond donors (Lipinski definition) is 2. The van der Waals surface area contributed by atoms with E-state index in [2.05, 4.69) is 70.9 Å². The average molecular weight is 1580 g/mol. The van der Waals surface area contributed by atoms with Crippen molar-refractivity contribution in [2.24, 2.45) is 29.6 Å². The second-order valence-electron chi connectivity index (χ2n) is 34.2. The van der Waals surface area contributed by atoms with Gasteiger partial charge in [-0.1, -0.05) is 370 Å². The minimum absolute atomic E-state index is 0.0287. The maximum atomic E-state index is 13.7. The molecule has 13 nitrogen and oxygen atoms in total. The summed E-state index contributed by atoms with van der Waals surface area (Å²) in [6.45, 7) is 24.2. The molecule has 2 N–H and O–H groups in total. The van der Waals surface area contributed by atoms with E-state index < -0.39 is 0 Å². The summed E-state index contributed by atoms with van der Waals surface area (Å²) in [6.07, 6.45) is 73.4. The first-order chi connectivity index (χ1) is 54.9. The summed E-state index contributed by atoms with van der Waals surface area (Å²) in [6, 6.07) is 7.20. The van der Waals surface area contributed by atoms with E-state index in [9.17, 15) is 28.8 Å². The lowest BCUT2D eigenvalue weighted by atomic mass is 9.90. The number of esters is 4. The molecule has 0 radical (unpaired) electrons. The Balaban J connectivity index is 2.80. The summed E-state index contributed by atoms with van der Waals surface area (Å²) in [5.74, 6) is 0.748. The fourth-order valence-corrected chi connectivity index (χ4v) is 16.1. The molecule has 0 aliphatic carbocycles. The van der Waals surface area contributed by atoms with Gasteiger partial charge in [0.05, 0.1) is 50.1 Å². The molecule has 0 spiro atoms. The quantitative estimate of drug-likeness (QED) is 0.0362. The van der Waals surface area contributed by atoms with Crippen molar-refractivity contribution >= 4 is 35.7 Å². The van der Waals surface area contributed by atoms with E-state index in [-0.39, 0.29) is 59.4 Å². The molecule has 13 heteroatoms. The van der Waals surface area contributed by atoms with Gasteiger partial charge >= 0.3 is 23.9 Å². The molecule has 1 aromatic carbocycles. The van der Waals surface area contributed by atoms with Gasteiger partial charge in [0.2, 0.25) is 0 Å². The Labute approximate surface area is 692 Å². The third-order valence-electron chi connectivity index (χ3n) is 23.7. The molecule has 0 saturated heterocycles. The topological polar surface area (TPSA) is 167 Å². The van der Waals surface area contributed by atoms with Crippen LogP contribution in [0.5, 0.6) is 0 Å². The van der Waals surface area contributed by atoms with Gasteiger partial charge in [0.1, 0.15) is 0 Å². The lowest BCUT2D eigenvalue weighted by Crippen LogP contribution is -2.31. The number of carbonyl (C=O) groups excluding carboxylic acids is 6. The molecule has 0 aliphatic heterocycles. The summed E-state index contributed by atoms with van der Waals surface area (Å²) in [5.41, 5.74) is 1.03. The number of rotatable bonds is 86. The third kappa shape index (κ3) is 63.2. The van der Waals surface area contributed by atoms with E-state index in [1.807, 2.05) is 18.2 Å². The smallest absolute Gasteiger partial charge is 0.308 e. The second-order valence-corrected chi connectivity index (χ2v) is 34.2. The van der Waals surface area contributed by atoms with Gasteiger partial charge < -0.3 is 34.5 Å². The van der Waals surface area contributed by atoms with Crippen molar-refractivity contribution in [2.75, 3.05) is 59.2 Å². The van der Waals surface area contributed by atoms with Gasteiger partial charge in [-0.3, -0.25) is 28.8 Å². The van der Waals surface area contributed by atoms with Crippen molar-refractivity contribution in [3.05, 3.63) is 35.4 Å². The van der Waals surface area contributed by atoms with Gasteiger partial charge in [0.25, 0.3) is 11.8 Å². The molecular weight excluding hydrogens is 1390 g/mol. The lowest BCUT2D eigenvalue weighted by molar-refractivity contribution is -0.150. The maximum absolute atomic E-state index is 13.7. The van der Waals surface area contributed by atoms with Crippen LogP contribution < -0.4 is 10.6 Å². The molecule has 654 valence electrons. The molecule has 1 rings (SSSR count). The van der Waals surface area contributed by atoms with Crippen molar-refractivity contribution in [3.8, 4) is 0 Å². The van der Waals surface area contributed by atoms with Crippen LogP contribution in [0, 0.1) is 29.6 Å². The van der Waals surface area contributed by atoms with E-state index >= 15 is 0 Å². The molecule has 112 heavy (non-hydrogen) atoms. The summed E-state index contributed by atoms with van der Waals surface area (Å²) in [7, 11) is 0.